The van der Waals surface area contributed by atoms with E-state index >= 15 is 0 Å². The van der Waals surface area contributed by atoms with Crippen LogP contribution in [-0.2, 0) is 4.79 Å². The number of unbranched alkanes of at least 4 members (excludes halogenated alkanes) is 3. The number of hydrogen-bond acceptors (Lipinski definition) is 3. The number of nitrogens with one attached hydrogen (secondary N) is 1. The minimum Gasteiger partial charge on any atom is -0.390 e. The summed E-state index contributed by atoms with van der Waals surface area (Å²) in [5, 5.41) is 12.4. The van der Waals surface area contributed by atoms with Gasteiger partial charge in [-0.3, -0.25) is 4.79 Å². The van der Waals surface area contributed by atoms with Crippen LogP contribution in [0.2, 0.25) is 0 Å². The normalized spacial score (nSPS) is 25.5. The highest BCUT2D eigenvalue weighted by Crippen LogP contribution is 2.18. The summed E-state index contributed by atoms with van der Waals surface area (Å²) in [6.45, 7) is 2.16. The van der Waals surface area contributed by atoms with Gasteiger partial charge in [0, 0.05) is 17.9 Å². The predicted molar refractivity (Wildman–Crippen MR) is 64.0 cm³/mol. The Bertz CT molecular complexity index is 199. The van der Waals surface area contributed by atoms with Crippen LogP contribution in [0.1, 0.15) is 39.0 Å². The van der Waals surface area contributed by atoms with Crippen LogP contribution in [0.3, 0.4) is 0 Å². The lowest BCUT2D eigenvalue weighted by molar-refractivity contribution is -0.122. The molecule has 2 N–H and O–H groups in total. The van der Waals surface area contributed by atoms with E-state index in [4.69, 9.17) is 0 Å². The summed E-state index contributed by atoms with van der Waals surface area (Å²) in [4.78, 5) is 11.5. The first kappa shape index (κ1) is 12.8. The van der Waals surface area contributed by atoms with Crippen LogP contribution in [0, 0.1) is 0 Å². The summed E-state index contributed by atoms with van der Waals surface area (Å²) in [7, 11) is 0. The van der Waals surface area contributed by atoms with Crippen LogP contribution in [0.5, 0.6) is 0 Å². The molecule has 1 saturated heterocycles. The number of thioether (sulfide) groups is 1. The molecular weight excluding hydrogens is 210 g/mol. The van der Waals surface area contributed by atoms with E-state index in [1.165, 1.54) is 12.8 Å². The molecule has 1 aliphatic heterocycles. The molecule has 3 nitrogen and oxygen atoms in total. The zero-order valence-corrected chi connectivity index (χ0v) is 10.2. The molecule has 2 atom stereocenters. The number of aliphatic hydroxyl groups is 1. The predicted octanol–water partition coefficient (Wildman–Crippen LogP) is 1.55. The first-order valence-corrected chi connectivity index (χ1v) is 6.94. The van der Waals surface area contributed by atoms with E-state index in [2.05, 4.69) is 12.2 Å². The van der Waals surface area contributed by atoms with E-state index in [0.29, 0.717) is 6.42 Å². The van der Waals surface area contributed by atoms with Crippen LogP contribution in [0.4, 0.5) is 0 Å². The van der Waals surface area contributed by atoms with Crippen molar-refractivity contribution in [2.45, 2.75) is 51.2 Å². The lowest BCUT2D eigenvalue weighted by Crippen LogP contribution is -2.42. The van der Waals surface area contributed by atoms with Crippen molar-refractivity contribution in [1.82, 2.24) is 5.32 Å². The van der Waals surface area contributed by atoms with Crippen molar-refractivity contribution >= 4 is 17.7 Å². The van der Waals surface area contributed by atoms with E-state index < -0.39 is 0 Å². The Labute approximate surface area is 96.0 Å². The number of rotatable bonds is 6. The Balaban J connectivity index is 2.07. The van der Waals surface area contributed by atoms with Crippen molar-refractivity contribution < 1.29 is 9.90 Å². The summed E-state index contributed by atoms with van der Waals surface area (Å²) in [6, 6.07) is -0.0197. The van der Waals surface area contributed by atoms with Gasteiger partial charge in [0.2, 0.25) is 5.91 Å². The van der Waals surface area contributed by atoms with Crippen LogP contribution >= 0.6 is 11.8 Å². The van der Waals surface area contributed by atoms with Crippen molar-refractivity contribution in [2.24, 2.45) is 0 Å². The fourth-order valence-electron chi connectivity index (χ4n) is 1.67. The lowest BCUT2D eigenvalue weighted by atomic mass is 10.1. The van der Waals surface area contributed by atoms with Crippen LogP contribution in [0.25, 0.3) is 0 Å². The van der Waals surface area contributed by atoms with Crippen molar-refractivity contribution in [2.75, 3.05) is 11.5 Å². The topological polar surface area (TPSA) is 49.3 Å². The number of aliphatic hydroxyl groups excluding tert-OH is 1. The Kier molecular flexibility index (Phi) is 6.10. The maximum absolute atomic E-state index is 11.5. The summed E-state index contributed by atoms with van der Waals surface area (Å²) < 4.78 is 0. The maximum Gasteiger partial charge on any atom is 0.220 e. The molecule has 0 aliphatic carbocycles. The van der Waals surface area contributed by atoms with Gasteiger partial charge in [0.25, 0.3) is 0 Å². The number of hydrogen-bond donors (Lipinski definition) is 2. The van der Waals surface area contributed by atoms with Gasteiger partial charge in [-0.2, -0.15) is 11.8 Å². The fourth-order valence-corrected chi connectivity index (χ4v) is 2.84. The standard InChI is InChI=1S/C11H21NO2S/c1-2-3-4-5-6-11(14)12-9-7-15-8-10(9)13/h9-10,13H,2-8H2,1H3,(H,12,14). The molecule has 0 aromatic rings. The second-order valence-corrected chi connectivity index (χ2v) is 5.16. The molecule has 4 heteroatoms. The largest absolute Gasteiger partial charge is 0.390 e. The number of carbonyl (C=O) groups is 1. The molecule has 0 spiro atoms. The van der Waals surface area contributed by atoms with Gasteiger partial charge in [-0.25, -0.2) is 0 Å². The maximum atomic E-state index is 11.5. The van der Waals surface area contributed by atoms with E-state index in [1.807, 2.05) is 0 Å². The fraction of sp³-hybridized carbons (Fsp3) is 0.909. The SMILES string of the molecule is CCCCCCC(=O)NC1CSCC1O. The van der Waals surface area contributed by atoms with Crippen molar-refractivity contribution in [3.05, 3.63) is 0 Å². The van der Waals surface area contributed by atoms with Gasteiger partial charge in [0.1, 0.15) is 0 Å². The van der Waals surface area contributed by atoms with Gasteiger partial charge in [-0.15, -0.1) is 0 Å². The summed E-state index contributed by atoms with van der Waals surface area (Å²) in [6.07, 6.45) is 4.75. The van der Waals surface area contributed by atoms with Crippen LogP contribution in [-0.4, -0.2) is 34.7 Å². The van der Waals surface area contributed by atoms with Gasteiger partial charge >= 0.3 is 0 Å². The van der Waals surface area contributed by atoms with E-state index in [1.54, 1.807) is 11.8 Å². The number of carbonyl (C=O) groups excluding carboxylic acids is 1. The molecule has 1 fully saturated rings. The third-order valence-corrected chi connectivity index (χ3v) is 3.83. The summed E-state index contributed by atoms with van der Waals surface area (Å²) in [5.41, 5.74) is 0. The van der Waals surface area contributed by atoms with Crippen LogP contribution in [0.15, 0.2) is 0 Å². The smallest absolute Gasteiger partial charge is 0.220 e. The highest BCUT2D eigenvalue weighted by Gasteiger charge is 2.26. The second-order valence-electron chi connectivity index (χ2n) is 4.09. The molecular formula is C11H21NO2S. The quantitative estimate of drug-likeness (QED) is 0.682. The van der Waals surface area contributed by atoms with Crippen molar-refractivity contribution in [1.29, 1.82) is 0 Å². The molecule has 1 aliphatic rings. The second kappa shape index (κ2) is 7.12. The first-order chi connectivity index (χ1) is 7.24. The molecule has 0 bridgehead atoms. The molecule has 0 aromatic carbocycles. The zero-order chi connectivity index (χ0) is 11.1. The molecule has 1 heterocycles. The van der Waals surface area contributed by atoms with E-state index in [0.717, 1.165) is 24.3 Å². The molecule has 88 valence electrons. The van der Waals surface area contributed by atoms with Crippen LogP contribution < -0.4 is 5.32 Å². The molecule has 2 unspecified atom stereocenters. The monoisotopic (exact) mass is 231 g/mol. The van der Waals surface area contributed by atoms with Crippen molar-refractivity contribution in [3.8, 4) is 0 Å². The molecule has 1 rings (SSSR count). The average molecular weight is 231 g/mol. The van der Waals surface area contributed by atoms with E-state index in [-0.39, 0.29) is 18.1 Å². The molecule has 0 saturated carbocycles. The Morgan fingerprint density at radius 3 is 2.80 bits per heavy atom. The van der Waals surface area contributed by atoms with Gasteiger partial charge in [0.15, 0.2) is 0 Å². The third-order valence-electron chi connectivity index (χ3n) is 2.65. The van der Waals surface area contributed by atoms with E-state index in [9.17, 15) is 9.90 Å². The average Bonchev–Trinajstić information content (AvgIpc) is 2.59. The third kappa shape index (κ3) is 4.89. The van der Waals surface area contributed by atoms with Gasteiger partial charge in [0.05, 0.1) is 12.1 Å². The molecule has 0 radical (unpaired) electrons. The minimum atomic E-state index is -0.352. The Morgan fingerprint density at radius 1 is 1.40 bits per heavy atom. The Morgan fingerprint density at radius 2 is 2.20 bits per heavy atom. The first-order valence-electron chi connectivity index (χ1n) is 5.79. The lowest BCUT2D eigenvalue weighted by Gasteiger charge is -2.15. The highest BCUT2D eigenvalue weighted by molar-refractivity contribution is 7.99. The zero-order valence-electron chi connectivity index (χ0n) is 9.37. The van der Waals surface area contributed by atoms with Gasteiger partial charge in [-0.1, -0.05) is 26.2 Å². The van der Waals surface area contributed by atoms with Gasteiger partial charge in [-0.05, 0) is 6.42 Å². The number of amides is 1. The van der Waals surface area contributed by atoms with Gasteiger partial charge < -0.3 is 10.4 Å². The Hall–Kier alpha value is -0.220. The highest BCUT2D eigenvalue weighted by atomic mass is 32.2. The molecule has 1 amide bonds. The summed E-state index contributed by atoms with van der Waals surface area (Å²) >= 11 is 1.70. The van der Waals surface area contributed by atoms with Crippen molar-refractivity contribution in [3.63, 3.8) is 0 Å². The summed E-state index contributed by atoms with van der Waals surface area (Å²) in [5.74, 6) is 1.69. The molecule has 0 aromatic heterocycles. The minimum absolute atomic E-state index is 0.0197. The molecule has 15 heavy (non-hydrogen) atoms.